The second-order valence-corrected chi connectivity index (χ2v) is 7.30. The van der Waals surface area contributed by atoms with Gasteiger partial charge in [0.1, 0.15) is 0 Å². The van der Waals surface area contributed by atoms with E-state index in [2.05, 4.69) is 30.6 Å². The zero-order chi connectivity index (χ0) is 19.5. The van der Waals surface area contributed by atoms with E-state index in [9.17, 15) is 4.79 Å². The third kappa shape index (κ3) is 3.86. The Morgan fingerprint density at radius 2 is 2.04 bits per heavy atom. The van der Waals surface area contributed by atoms with Gasteiger partial charge in [0.2, 0.25) is 5.56 Å². The van der Waals surface area contributed by atoms with Crippen LogP contribution in [0.5, 0.6) is 0 Å². The number of benzene rings is 1. The van der Waals surface area contributed by atoms with Crippen LogP contribution in [0, 0.1) is 6.92 Å². The molecule has 1 N–H and O–H groups in total. The molecule has 4 aromatic rings. The van der Waals surface area contributed by atoms with Gasteiger partial charge in [0.15, 0.2) is 16.8 Å². The summed E-state index contributed by atoms with van der Waals surface area (Å²) < 4.78 is 1.87. The summed E-state index contributed by atoms with van der Waals surface area (Å²) in [5.74, 6) is 2.06. The molecule has 4 rings (SSSR count). The van der Waals surface area contributed by atoms with Gasteiger partial charge >= 0.3 is 0 Å². The number of thioether (sulfide) groups is 1. The van der Waals surface area contributed by atoms with Crippen molar-refractivity contribution in [3.8, 4) is 17.1 Å². The number of aromatic nitrogens is 8. The number of nitrogens with zero attached hydrogens (tertiary/aromatic N) is 7. The molecule has 0 aliphatic rings. The number of tetrazole rings is 1. The van der Waals surface area contributed by atoms with Gasteiger partial charge in [-0.2, -0.15) is 0 Å². The Bertz CT molecular complexity index is 1160. The molecule has 3 aromatic heterocycles. The van der Waals surface area contributed by atoms with Gasteiger partial charge in [-0.25, -0.2) is 0 Å². The van der Waals surface area contributed by atoms with Gasteiger partial charge < -0.3 is 9.55 Å². The molecule has 142 valence electrons. The molecule has 0 saturated carbocycles. The number of hydrogen-bond donors (Lipinski definition) is 1. The van der Waals surface area contributed by atoms with Gasteiger partial charge in [0.25, 0.3) is 0 Å². The van der Waals surface area contributed by atoms with E-state index >= 15 is 0 Å². The number of hydrogen-bond acceptors (Lipinski definition) is 7. The summed E-state index contributed by atoms with van der Waals surface area (Å²) in [5.41, 5.74) is 2.60. The van der Waals surface area contributed by atoms with Crippen molar-refractivity contribution in [2.24, 2.45) is 7.05 Å². The van der Waals surface area contributed by atoms with Crippen LogP contribution in [0.1, 0.15) is 11.4 Å². The largest absolute Gasteiger partial charge is 0.329 e. The molecule has 0 atom stereocenters. The smallest absolute Gasteiger partial charge is 0.248 e. The topological polar surface area (TPSA) is 107 Å². The van der Waals surface area contributed by atoms with Crippen LogP contribution >= 0.6 is 11.8 Å². The Morgan fingerprint density at radius 3 is 2.86 bits per heavy atom. The first-order valence-electron chi connectivity index (χ1n) is 8.67. The highest BCUT2D eigenvalue weighted by Gasteiger charge is 2.12. The van der Waals surface area contributed by atoms with Crippen molar-refractivity contribution in [3.05, 3.63) is 64.3 Å². The van der Waals surface area contributed by atoms with Crippen LogP contribution in [-0.2, 0) is 13.5 Å². The number of pyridine rings is 1. The minimum Gasteiger partial charge on any atom is -0.329 e. The Kier molecular flexibility index (Phi) is 5.02. The lowest BCUT2D eigenvalue weighted by Gasteiger charge is -2.02. The van der Waals surface area contributed by atoms with E-state index in [1.165, 1.54) is 6.07 Å². The Morgan fingerprint density at radius 1 is 1.14 bits per heavy atom. The van der Waals surface area contributed by atoms with Gasteiger partial charge in [-0.15, -0.1) is 25.2 Å². The van der Waals surface area contributed by atoms with Gasteiger partial charge in [-0.05, 0) is 35.9 Å². The van der Waals surface area contributed by atoms with E-state index in [1.807, 2.05) is 42.8 Å². The second kappa shape index (κ2) is 7.77. The highest BCUT2D eigenvalue weighted by Crippen LogP contribution is 2.22. The first-order valence-corrected chi connectivity index (χ1v) is 9.66. The number of nitrogens with one attached hydrogen (secondary N) is 1. The van der Waals surface area contributed by atoms with Gasteiger partial charge in [-0.3, -0.25) is 4.79 Å². The molecular weight excluding hydrogens is 376 g/mol. The number of rotatable bonds is 6. The fraction of sp³-hybridized carbons (Fsp3) is 0.222. The van der Waals surface area contributed by atoms with Crippen molar-refractivity contribution in [2.45, 2.75) is 18.5 Å². The molecule has 0 radical (unpaired) electrons. The Balaban J connectivity index is 1.40. The maximum absolute atomic E-state index is 11.5. The normalized spacial score (nSPS) is 11.1. The Hall–Kier alpha value is -3.27. The Labute approximate surface area is 164 Å². The van der Waals surface area contributed by atoms with Crippen molar-refractivity contribution >= 4 is 11.8 Å². The minimum atomic E-state index is -0.169. The van der Waals surface area contributed by atoms with Crippen LogP contribution in [-0.4, -0.2) is 45.7 Å². The highest BCUT2D eigenvalue weighted by atomic mass is 32.2. The molecule has 1 aromatic carbocycles. The fourth-order valence-electron chi connectivity index (χ4n) is 2.71. The van der Waals surface area contributed by atoms with E-state index < -0.39 is 0 Å². The summed E-state index contributed by atoms with van der Waals surface area (Å²) in [7, 11) is 1.88. The van der Waals surface area contributed by atoms with Crippen LogP contribution < -0.4 is 5.56 Å². The summed E-state index contributed by atoms with van der Waals surface area (Å²) in [4.78, 5) is 15.6. The van der Waals surface area contributed by atoms with E-state index in [-0.39, 0.29) is 5.56 Å². The summed E-state index contributed by atoms with van der Waals surface area (Å²) in [6.07, 6.45) is 2.26. The third-order valence-corrected chi connectivity index (χ3v) is 5.13. The fourth-order valence-corrected chi connectivity index (χ4v) is 3.56. The van der Waals surface area contributed by atoms with Crippen molar-refractivity contribution in [1.29, 1.82) is 0 Å². The van der Waals surface area contributed by atoms with E-state index in [0.717, 1.165) is 27.7 Å². The van der Waals surface area contributed by atoms with E-state index in [4.69, 9.17) is 0 Å². The lowest BCUT2D eigenvalue weighted by atomic mass is 10.2. The van der Waals surface area contributed by atoms with Crippen LogP contribution in [0.2, 0.25) is 0 Å². The monoisotopic (exact) mass is 394 g/mol. The molecule has 3 heterocycles. The van der Waals surface area contributed by atoms with Crippen molar-refractivity contribution < 1.29 is 0 Å². The summed E-state index contributed by atoms with van der Waals surface area (Å²) in [6.45, 7) is 2.03. The number of aromatic amines is 1. The number of H-pyrrole nitrogens is 1. The van der Waals surface area contributed by atoms with Gasteiger partial charge in [-0.1, -0.05) is 23.9 Å². The molecule has 0 saturated heterocycles. The quantitative estimate of drug-likeness (QED) is 0.497. The predicted octanol–water partition coefficient (Wildman–Crippen LogP) is 1.79. The number of aryl methyl sites for hydroxylation is 2. The lowest BCUT2D eigenvalue weighted by Crippen LogP contribution is -2.04. The second-order valence-electron chi connectivity index (χ2n) is 6.24. The molecule has 0 unspecified atom stereocenters. The molecule has 0 spiro atoms. The van der Waals surface area contributed by atoms with Crippen LogP contribution in [0.4, 0.5) is 0 Å². The van der Waals surface area contributed by atoms with Crippen LogP contribution in [0.25, 0.3) is 17.1 Å². The van der Waals surface area contributed by atoms with Crippen molar-refractivity contribution in [1.82, 2.24) is 40.0 Å². The molecule has 0 aliphatic carbocycles. The molecular formula is C18H18N8OS. The van der Waals surface area contributed by atoms with E-state index in [1.54, 1.807) is 28.8 Å². The minimum absolute atomic E-state index is 0.169. The van der Waals surface area contributed by atoms with Crippen LogP contribution in [0.3, 0.4) is 0 Å². The highest BCUT2D eigenvalue weighted by molar-refractivity contribution is 7.99. The van der Waals surface area contributed by atoms with Crippen molar-refractivity contribution in [2.75, 3.05) is 5.75 Å². The maximum atomic E-state index is 11.5. The maximum Gasteiger partial charge on any atom is 0.248 e. The summed E-state index contributed by atoms with van der Waals surface area (Å²) in [6, 6.07) is 11.3. The molecule has 10 heteroatoms. The zero-order valence-electron chi connectivity index (χ0n) is 15.4. The van der Waals surface area contributed by atoms with Crippen LogP contribution in [0.15, 0.2) is 52.5 Å². The molecule has 0 bridgehead atoms. The van der Waals surface area contributed by atoms with Gasteiger partial charge in [0, 0.05) is 37.0 Å². The van der Waals surface area contributed by atoms with E-state index in [0.29, 0.717) is 18.1 Å². The first-order chi connectivity index (χ1) is 13.6. The standard InChI is InChI=1S/C18H18N8OS/c1-12-4-3-5-14(10-12)26-23-15(20-24-26)7-9-28-18-22-21-17(25(18)2)13-6-8-19-16(27)11-13/h3-6,8,10-11H,7,9H2,1-2H3,(H,19,27). The molecule has 0 aliphatic heterocycles. The summed E-state index contributed by atoms with van der Waals surface area (Å²) in [5, 5.41) is 21.9. The average molecular weight is 394 g/mol. The molecule has 28 heavy (non-hydrogen) atoms. The lowest BCUT2D eigenvalue weighted by molar-refractivity contribution is 0.717. The molecule has 0 amide bonds. The predicted molar refractivity (Wildman–Crippen MR) is 105 cm³/mol. The molecule has 9 nitrogen and oxygen atoms in total. The molecule has 0 fully saturated rings. The van der Waals surface area contributed by atoms with Gasteiger partial charge in [0.05, 0.1) is 5.69 Å². The first kappa shape index (κ1) is 18.1. The summed E-state index contributed by atoms with van der Waals surface area (Å²) >= 11 is 1.56. The third-order valence-electron chi connectivity index (χ3n) is 4.11. The average Bonchev–Trinajstić information content (AvgIpc) is 3.29. The van der Waals surface area contributed by atoms with Crippen molar-refractivity contribution in [3.63, 3.8) is 0 Å². The SMILES string of the molecule is Cc1cccc(-n2nnc(CCSc3nnc(-c4cc[nH]c(=O)c4)n3C)n2)c1. The zero-order valence-corrected chi connectivity index (χ0v) is 16.2.